The molecule has 1 aliphatic heterocycles. The summed E-state index contributed by atoms with van der Waals surface area (Å²) in [6.45, 7) is 1.23. The van der Waals surface area contributed by atoms with Gasteiger partial charge in [0.2, 0.25) is 5.95 Å². The maximum atomic E-state index is 5.64. The van der Waals surface area contributed by atoms with Crippen LogP contribution in [-0.2, 0) is 12.8 Å². The maximum Gasteiger partial charge on any atom is 0.220 e. The number of hydrogen-bond donors (Lipinski definition) is 1. The second kappa shape index (κ2) is 3.70. The highest BCUT2D eigenvalue weighted by atomic mass is 15.1. The van der Waals surface area contributed by atoms with E-state index in [0.717, 1.165) is 18.8 Å². The fraction of sp³-hybridized carbons (Fsp3) is 0.667. The van der Waals surface area contributed by atoms with Crippen LogP contribution in [-0.4, -0.2) is 34.5 Å². The quantitative estimate of drug-likeness (QED) is 0.702. The highest BCUT2D eigenvalue weighted by Crippen LogP contribution is 2.33. The SMILES string of the molecule is CN1CCC[C@H]2Cc3nc(N)ncc3C[C@@H]21. The van der Waals surface area contributed by atoms with E-state index in [1.165, 1.54) is 30.6 Å². The highest BCUT2D eigenvalue weighted by Gasteiger charge is 2.34. The van der Waals surface area contributed by atoms with Crippen LogP contribution in [0.25, 0.3) is 0 Å². The summed E-state index contributed by atoms with van der Waals surface area (Å²) in [6, 6.07) is 0.688. The molecule has 0 unspecified atom stereocenters. The van der Waals surface area contributed by atoms with Crippen molar-refractivity contribution in [1.29, 1.82) is 0 Å². The van der Waals surface area contributed by atoms with Crippen molar-refractivity contribution in [2.45, 2.75) is 31.7 Å². The summed E-state index contributed by atoms with van der Waals surface area (Å²) in [4.78, 5) is 11.0. The van der Waals surface area contributed by atoms with Crippen LogP contribution < -0.4 is 5.73 Å². The normalized spacial score (nSPS) is 29.6. The summed E-state index contributed by atoms with van der Waals surface area (Å²) in [5, 5.41) is 0. The first-order valence-electron chi connectivity index (χ1n) is 6.04. The Morgan fingerprint density at radius 3 is 3.19 bits per heavy atom. The highest BCUT2D eigenvalue weighted by molar-refractivity contribution is 5.29. The number of likely N-dealkylation sites (tertiary alicyclic amines) is 1. The van der Waals surface area contributed by atoms with Crippen molar-refractivity contribution < 1.29 is 0 Å². The molecule has 0 saturated carbocycles. The van der Waals surface area contributed by atoms with Crippen LogP contribution in [0.4, 0.5) is 5.95 Å². The number of anilines is 1. The molecule has 2 N–H and O–H groups in total. The summed E-state index contributed by atoms with van der Waals surface area (Å²) in [5.41, 5.74) is 8.12. The first kappa shape index (κ1) is 10.0. The van der Waals surface area contributed by atoms with Crippen LogP contribution in [0.15, 0.2) is 6.20 Å². The third-order valence-corrected chi connectivity index (χ3v) is 4.05. The van der Waals surface area contributed by atoms with Crippen molar-refractivity contribution in [2.75, 3.05) is 19.3 Å². The lowest BCUT2D eigenvalue weighted by Crippen LogP contribution is -2.47. The zero-order chi connectivity index (χ0) is 11.1. The van der Waals surface area contributed by atoms with Gasteiger partial charge < -0.3 is 10.6 Å². The maximum absolute atomic E-state index is 5.64. The van der Waals surface area contributed by atoms with Crippen LogP contribution in [0, 0.1) is 5.92 Å². The van der Waals surface area contributed by atoms with Crippen molar-refractivity contribution in [2.24, 2.45) is 5.92 Å². The van der Waals surface area contributed by atoms with E-state index in [4.69, 9.17) is 5.73 Å². The minimum Gasteiger partial charge on any atom is -0.368 e. The molecular formula is C12H18N4. The molecule has 2 atom stereocenters. The summed E-state index contributed by atoms with van der Waals surface area (Å²) in [7, 11) is 2.24. The van der Waals surface area contributed by atoms with E-state index in [1.54, 1.807) is 0 Å². The van der Waals surface area contributed by atoms with Crippen molar-refractivity contribution in [1.82, 2.24) is 14.9 Å². The fourth-order valence-electron chi connectivity index (χ4n) is 3.16. The molecule has 3 rings (SSSR count). The second-order valence-corrected chi connectivity index (χ2v) is 5.06. The van der Waals surface area contributed by atoms with Gasteiger partial charge in [-0.05, 0) is 50.8 Å². The molecule has 1 fully saturated rings. The smallest absolute Gasteiger partial charge is 0.220 e. The third-order valence-electron chi connectivity index (χ3n) is 4.05. The average Bonchev–Trinajstić information content (AvgIpc) is 2.27. The Kier molecular flexibility index (Phi) is 2.32. The monoisotopic (exact) mass is 218 g/mol. The van der Waals surface area contributed by atoms with E-state index in [0.29, 0.717) is 12.0 Å². The lowest BCUT2D eigenvalue weighted by molar-refractivity contribution is 0.111. The number of likely N-dealkylation sites (N-methyl/N-ethyl adjacent to an activating group) is 1. The molecule has 16 heavy (non-hydrogen) atoms. The number of piperidine rings is 1. The first-order chi connectivity index (χ1) is 7.74. The molecule has 0 spiro atoms. The van der Waals surface area contributed by atoms with Gasteiger partial charge in [-0.3, -0.25) is 0 Å². The molecule has 0 aromatic carbocycles. The van der Waals surface area contributed by atoms with Gasteiger partial charge in [0, 0.05) is 17.9 Å². The van der Waals surface area contributed by atoms with E-state index in [-0.39, 0.29) is 0 Å². The van der Waals surface area contributed by atoms with Gasteiger partial charge in [0.15, 0.2) is 0 Å². The molecule has 0 bridgehead atoms. The summed E-state index contributed by atoms with van der Waals surface area (Å²) >= 11 is 0. The van der Waals surface area contributed by atoms with Crippen molar-refractivity contribution >= 4 is 5.95 Å². The number of nitrogens with zero attached hydrogens (tertiary/aromatic N) is 3. The van der Waals surface area contributed by atoms with E-state index >= 15 is 0 Å². The molecule has 4 nitrogen and oxygen atoms in total. The van der Waals surface area contributed by atoms with E-state index in [2.05, 4.69) is 21.9 Å². The molecule has 1 saturated heterocycles. The molecule has 2 heterocycles. The number of nitrogens with two attached hydrogens (primary N) is 1. The predicted molar refractivity (Wildman–Crippen MR) is 63.0 cm³/mol. The molecular weight excluding hydrogens is 200 g/mol. The molecule has 0 radical (unpaired) electrons. The molecule has 0 amide bonds. The number of nitrogen functional groups attached to an aromatic ring is 1. The van der Waals surface area contributed by atoms with Crippen LogP contribution in [0.5, 0.6) is 0 Å². The molecule has 2 aliphatic rings. The fourth-order valence-corrected chi connectivity index (χ4v) is 3.16. The Bertz CT molecular complexity index is 404. The topological polar surface area (TPSA) is 55.0 Å². The van der Waals surface area contributed by atoms with Crippen LogP contribution >= 0.6 is 0 Å². The van der Waals surface area contributed by atoms with Crippen LogP contribution in [0.3, 0.4) is 0 Å². The third kappa shape index (κ3) is 1.57. The Balaban J connectivity index is 1.93. The van der Waals surface area contributed by atoms with Gasteiger partial charge in [-0.2, -0.15) is 0 Å². The van der Waals surface area contributed by atoms with Gasteiger partial charge in [-0.25, -0.2) is 9.97 Å². The first-order valence-corrected chi connectivity index (χ1v) is 6.04. The van der Waals surface area contributed by atoms with Gasteiger partial charge in [0.1, 0.15) is 0 Å². The summed E-state index contributed by atoms with van der Waals surface area (Å²) < 4.78 is 0. The Hall–Kier alpha value is -1.16. The van der Waals surface area contributed by atoms with Gasteiger partial charge in [0.25, 0.3) is 0 Å². The lowest BCUT2D eigenvalue weighted by atomic mass is 9.77. The Morgan fingerprint density at radius 1 is 1.44 bits per heavy atom. The van der Waals surface area contributed by atoms with Crippen LogP contribution in [0.1, 0.15) is 24.1 Å². The number of rotatable bonds is 0. The van der Waals surface area contributed by atoms with E-state index in [1.807, 2.05) is 6.20 Å². The largest absolute Gasteiger partial charge is 0.368 e. The Morgan fingerprint density at radius 2 is 2.31 bits per heavy atom. The zero-order valence-electron chi connectivity index (χ0n) is 9.69. The molecule has 4 heteroatoms. The van der Waals surface area contributed by atoms with Gasteiger partial charge >= 0.3 is 0 Å². The van der Waals surface area contributed by atoms with Crippen molar-refractivity contribution in [3.8, 4) is 0 Å². The Labute approximate surface area is 95.9 Å². The number of hydrogen-bond acceptors (Lipinski definition) is 4. The number of fused-ring (bicyclic) bond motifs is 2. The standard InChI is InChI=1S/C12H18N4/c1-16-4-2-3-8-5-10-9(6-11(8)16)7-14-12(13)15-10/h7-8,11H,2-6H2,1H3,(H2,13,14,15)/t8-,11-/m0/s1. The van der Waals surface area contributed by atoms with Gasteiger partial charge in [-0.15, -0.1) is 0 Å². The predicted octanol–water partition coefficient (Wildman–Crippen LogP) is 0.868. The van der Waals surface area contributed by atoms with Crippen LogP contribution in [0.2, 0.25) is 0 Å². The molecule has 1 aliphatic carbocycles. The zero-order valence-corrected chi connectivity index (χ0v) is 9.69. The van der Waals surface area contributed by atoms with E-state index < -0.39 is 0 Å². The second-order valence-electron chi connectivity index (χ2n) is 5.06. The van der Waals surface area contributed by atoms with E-state index in [9.17, 15) is 0 Å². The minimum atomic E-state index is 0.418. The molecule has 86 valence electrons. The minimum absolute atomic E-state index is 0.418. The van der Waals surface area contributed by atoms with Gasteiger partial charge in [-0.1, -0.05) is 0 Å². The van der Waals surface area contributed by atoms with Gasteiger partial charge in [0.05, 0.1) is 0 Å². The van der Waals surface area contributed by atoms with Crippen molar-refractivity contribution in [3.05, 3.63) is 17.5 Å². The summed E-state index contributed by atoms with van der Waals surface area (Å²) in [6.07, 6.45) is 6.73. The average molecular weight is 218 g/mol. The van der Waals surface area contributed by atoms with Crippen molar-refractivity contribution in [3.63, 3.8) is 0 Å². The lowest BCUT2D eigenvalue weighted by Gasteiger charge is -2.42. The molecule has 1 aromatic rings. The molecule has 1 aromatic heterocycles. The summed E-state index contributed by atoms with van der Waals surface area (Å²) in [5.74, 6) is 1.18. The number of aromatic nitrogens is 2.